The van der Waals surface area contributed by atoms with Crippen molar-refractivity contribution in [2.75, 3.05) is 6.79 Å². The zero-order chi connectivity index (χ0) is 7.97. The van der Waals surface area contributed by atoms with E-state index < -0.39 is 0 Å². The Bertz CT molecular complexity index is 356. The van der Waals surface area contributed by atoms with Crippen LogP contribution < -0.4 is 0 Å². The normalized spacial score (nSPS) is 24.0. The van der Waals surface area contributed by atoms with E-state index >= 15 is 0 Å². The van der Waals surface area contributed by atoms with Gasteiger partial charge < -0.3 is 9.47 Å². The number of ether oxygens (including phenoxy) is 2. The Kier molecular flexibility index (Phi) is 1.04. The largest absolute Gasteiger partial charge is 0.458 e. The van der Waals surface area contributed by atoms with Gasteiger partial charge in [-0.05, 0) is 5.57 Å². The minimum atomic E-state index is 0.378. The first-order chi connectivity index (χ1) is 5.95. The molecule has 2 aliphatic carbocycles. The minimum Gasteiger partial charge on any atom is -0.458 e. The molecule has 0 aromatic heterocycles. The lowest BCUT2D eigenvalue weighted by Crippen LogP contribution is -1.97. The molecule has 0 aromatic rings. The Morgan fingerprint density at radius 1 is 1.25 bits per heavy atom. The molecule has 0 aromatic carbocycles. The van der Waals surface area contributed by atoms with Crippen LogP contribution in [-0.4, -0.2) is 6.79 Å². The van der Waals surface area contributed by atoms with Crippen LogP contribution in [0.1, 0.15) is 6.42 Å². The first kappa shape index (κ1) is 6.12. The standard InChI is InChI=1S/C10H8O2/c1-2-7-4-5-9-10(8(7)3-1)12-6-11-9/h1-4H,5-6H2. The van der Waals surface area contributed by atoms with Crippen molar-refractivity contribution in [3.05, 3.63) is 47.0 Å². The van der Waals surface area contributed by atoms with Crippen LogP contribution in [0.5, 0.6) is 0 Å². The lowest BCUT2D eigenvalue weighted by atomic mass is 10.00. The van der Waals surface area contributed by atoms with Crippen LogP contribution >= 0.6 is 0 Å². The molecular formula is C10H8O2. The van der Waals surface area contributed by atoms with Gasteiger partial charge in [0, 0.05) is 12.0 Å². The van der Waals surface area contributed by atoms with Crippen LogP contribution in [0.4, 0.5) is 0 Å². The number of hydrogen-bond acceptors (Lipinski definition) is 2. The highest BCUT2D eigenvalue weighted by Gasteiger charge is 2.26. The van der Waals surface area contributed by atoms with E-state index in [1.807, 2.05) is 6.08 Å². The molecule has 0 bridgehead atoms. The van der Waals surface area contributed by atoms with Gasteiger partial charge in [0.15, 0.2) is 5.76 Å². The van der Waals surface area contributed by atoms with Crippen molar-refractivity contribution in [2.24, 2.45) is 0 Å². The third kappa shape index (κ3) is 0.644. The van der Waals surface area contributed by atoms with Crippen LogP contribution in [0, 0.1) is 0 Å². The van der Waals surface area contributed by atoms with Crippen molar-refractivity contribution in [1.82, 2.24) is 0 Å². The molecule has 1 aliphatic heterocycles. The number of rotatable bonds is 0. The maximum absolute atomic E-state index is 5.38. The first-order valence-electron chi connectivity index (χ1n) is 4.03. The summed E-state index contributed by atoms with van der Waals surface area (Å²) in [7, 11) is 0. The molecule has 0 atom stereocenters. The van der Waals surface area contributed by atoms with Gasteiger partial charge in [0.05, 0.1) is 0 Å². The third-order valence-corrected chi connectivity index (χ3v) is 2.29. The van der Waals surface area contributed by atoms with E-state index in [-0.39, 0.29) is 0 Å². The van der Waals surface area contributed by atoms with E-state index in [0.717, 1.165) is 17.9 Å². The molecule has 0 N–H and O–H groups in total. The SMILES string of the molecule is C1=CC2=CCC3=C(OCO3)C2=C1. The molecule has 12 heavy (non-hydrogen) atoms. The Hall–Kier alpha value is -1.44. The van der Waals surface area contributed by atoms with Crippen LogP contribution in [0.25, 0.3) is 0 Å². The smallest absolute Gasteiger partial charge is 0.230 e. The predicted octanol–water partition coefficient (Wildman–Crippen LogP) is 2.03. The van der Waals surface area contributed by atoms with E-state index in [1.165, 1.54) is 11.1 Å². The Morgan fingerprint density at radius 2 is 2.25 bits per heavy atom. The average molecular weight is 160 g/mol. The maximum Gasteiger partial charge on any atom is 0.230 e. The summed E-state index contributed by atoms with van der Waals surface area (Å²) in [4.78, 5) is 0. The van der Waals surface area contributed by atoms with Crippen molar-refractivity contribution in [3.8, 4) is 0 Å². The lowest BCUT2D eigenvalue weighted by molar-refractivity contribution is 0.0731. The van der Waals surface area contributed by atoms with Gasteiger partial charge in [-0.2, -0.15) is 0 Å². The summed E-state index contributed by atoms with van der Waals surface area (Å²) in [5, 5.41) is 0. The van der Waals surface area contributed by atoms with Crippen molar-refractivity contribution >= 4 is 0 Å². The van der Waals surface area contributed by atoms with Gasteiger partial charge in [-0.15, -0.1) is 0 Å². The molecule has 2 nitrogen and oxygen atoms in total. The first-order valence-corrected chi connectivity index (χ1v) is 4.03. The van der Waals surface area contributed by atoms with E-state index in [2.05, 4.69) is 18.2 Å². The van der Waals surface area contributed by atoms with Gasteiger partial charge in [0.25, 0.3) is 0 Å². The molecule has 0 saturated heterocycles. The summed E-state index contributed by atoms with van der Waals surface area (Å²) in [6, 6.07) is 0. The zero-order valence-electron chi connectivity index (χ0n) is 6.54. The van der Waals surface area contributed by atoms with Crippen LogP contribution in [-0.2, 0) is 9.47 Å². The van der Waals surface area contributed by atoms with E-state index in [1.54, 1.807) is 0 Å². The fourth-order valence-corrected chi connectivity index (χ4v) is 1.71. The molecule has 0 amide bonds. The molecule has 0 saturated carbocycles. The van der Waals surface area contributed by atoms with Gasteiger partial charge >= 0.3 is 0 Å². The molecule has 0 spiro atoms. The minimum absolute atomic E-state index is 0.378. The molecular weight excluding hydrogens is 152 g/mol. The Labute approximate surface area is 70.5 Å². The highest BCUT2D eigenvalue weighted by atomic mass is 16.7. The van der Waals surface area contributed by atoms with Gasteiger partial charge in [-0.1, -0.05) is 24.3 Å². The van der Waals surface area contributed by atoms with E-state index in [4.69, 9.17) is 9.47 Å². The molecule has 3 rings (SSSR count). The predicted molar refractivity (Wildman–Crippen MR) is 44.0 cm³/mol. The second-order valence-corrected chi connectivity index (χ2v) is 2.96. The molecule has 0 radical (unpaired) electrons. The van der Waals surface area contributed by atoms with Gasteiger partial charge in [0.1, 0.15) is 5.76 Å². The summed E-state index contributed by atoms with van der Waals surface area (Å²) >= 11 is 0. The molecule has 0 unspecified atom stereocenters. The summed E-state index contributed by atoms with van der Waals surface area (Å²) in [6.45, 7) is 0.378. The topological polar surface area (TPSA) is 18.5 Å². The van der Waals surface area contributed by atoms with Crippen molar-refractivity contribution < 1.29 is 9.47 Å². The van der Waals surface area contributed by atoms with Gasteiger partial charge in [-0.3, -0.25) is 0 Å². The van der Waals surface area contributed by atoms with Crippen LogP contribution in [0.15, 0.2) is 47.0 Å². The van der Waals surface area contributed by atoms with E-state index in [0.29, 0.717) is 6.79 Å². The molecule has 60 valence electrons. The highest BCUT2D eigenvalue weighted by Crippen LogP contribution is 2.37. The number of hydrogen-bond donors (Lipinski definition) is 0. The van der Waals surface area contributed by atoms with Crippen molar-refractivity contribution in [3.63, 3.8) is 0 Å². The molecule has 0 fully saturated rings. The monoisotopic (exact) mass is 160 g/mol. The fourth-order valence-electron chi connectivity index (χ4n) is 1.71. The number of allylic oxidation sites excluding steroid dienone is 5. The summed E-state index contributed by atoms with van der Waals surface area (Å²) < 4.78 is 10.7. The molecule has 1 heterocycles. The second-order valence-electron chi connectivity index (χ2n) is 2.96. The summed E-state index contributed by atoms with van der Waals surface area (Å²) in [6.07, 6.45) is 9.24. The average Bonchev–Trinajstić information content (AvgIpc) is 2.71. The second kappa shape index (κ2) is 2.03. The Morgan fingerprint density at radius 3 is 3.25 bits per heavy atom. The quantitative estimate of drug-likeness (QED) is 0.539. The summed E-state index contributed by atoms with van der Waals surface area (Å²) in [5.41, 5.74) is 2.44. The molecule has 2 heteroatoms. The maximum atomic E-state index is 5.38. The highest BCUT2D eigenvalue weighted by molar-refractivity contribution is 5.59. The molecule has 3 aliphatic rings. The Balaban J connectivity index is 2.11. The third-order valence-electron chi connectivity index (χ3n) is 2.29. The van der Waals surface area contributed by atoms with Crippen molar-refractivity contribution in [2.45, 2.75) is 6.42 Å². The summed E-state index contributed by atoms with van der Waals surface area (Å²) in [5.74, 6) is 1.92. The van der Waals surface area contributed by atoms with Crippen LogP contribution in [0.2, 0.25) is 0 Å². The van der Waals surface area contributed by atoms with Gasteiger partial charge in [0.2, 0.25) is 6.79 Å². The van der Waals surface area contributed by atoms with E-state index in [9.17, 15) is 0 Å². The lowest BCUT2D eigenvalue weighted by Gasteiger charge is -2.10. The van der Waals surface area contributed by atoms with Crippen LogP contribution in [0.3, 0.4) is 0 Å². The zero-order valence-corrected chi connectivity index (χ0v) is 6.54. The van der Waals surface area contributed by atoms with Crippen molar-refractivity contribution in [1.29, 1.82) is 0 Å². The number of fused-ring (bicyclic) bond motifs is 2. The fraction of sp³-hybridized carbons (Fsp3) is 0.200. The van der Waals surface area contributed by atoms with Gasteiger partial charge in [-0.25, -0.2) is 0 Å².